The number of aromatic nitrogens is 1. The Hall–Kier alpha value is -3.55. The first-order chi connectivity index (χ1) is 15.1. The van der Waals surface area contributed by atoms with Gasteiger partial charge in [0.25, 0.3) is 0 Å². The number of nitrogens with zero attached hydrogens (tertiary/aromatic N) is 1. The maximum atomic E-state index is 15.0. The van der Waals surface area contributed by atoms with Crippen LogP contribution < -0.4 is 16.0 Å². The minimum Gasteiger partial charge on any atom is -0.307 e. The standard InChI is InChI=1S/C27H20NO2P/c1-19(29)20-16-17-23-24-14-8-9-15-26(24)28-27(25(23)18-20)31(30,21-10-4-2-5-11-21)22-12-6-3-7-13-22/h2-18H,1H3. The van der Waals surface area contributed by atoms with E-state index in [1.807, 2.05) is 103 Å². The van der Waals surface area contributed by atoms with E-state index < -0.39 is 7.14 Å². The van der Waals surface area contributed by atoms with Crippen LogP contribution >= 0.6 is 7.14 Å². The molecule has 4 heteroatoms. The lowest BCUT2D eigenvalue weighted by Crippen LogP contribution is -2.27. The Bertz CT molecular complexity index is 1430. The third-order valence-corrected chi connectivity index (χ3v) is 8.61. The van der Waals surface area contributed by atoms with Gasteiger partial charge in [-0.1, -0.05) is 91.0 Å². The highest BCUT2D eigenvalue weighted by atomic mass is 31.2. The molecule has 0 aliphatic carbocycles. The van der Waals surface area contributed by atoms with Crippen LogP contribution in [0.3, 0.4) is 0 Å². The summed E-state index contributed by atoms with van der Waals surface area (Å²) in [5.74, 6) is -0.0322. The number of pyridine rings is 1. The average Bonchev–Trinajstić information content (AvgIpc) is 2.83. The number of benzene rings is 4. The van der Waals surface area contributed by atoms with Crippen molar-refractivity contribution >= 4 is 50.6 Å². The molecule has 0 N–H and O–H groups in total. The van der Waals surface area contributed by atoms with Crippen LogP contribution in [0, 0.1) is 0 Å². The largest absolute Gasteiger partial charge is 0.307 e. The third-order valence-electron chi connectivity index (χ3n) is 5.63. The van der Waals surface area contributed by atoms with Crippen LogP contribution in [0.15, 0.2) is 103 Å². The molecule has 0 spiro atoms. The lowest BCUT2D eigenvalue weighted by atomic mass is 10.0. The highest BCUT2D eigenvalue weighted by Crippen LogP contribution is 2.44. The average molecular weight is 421 g/mol. The predicted molar refractivity (Wildman–Crippen MR) is 129 cm³/mol. The highest BCUT2D eigenvalue weighted by molar-refractivity contribution is 7.85. The van der Waals surface area contributed by atoms with Crippen LogP contribution in [0.25, 0.3) is 21.7 Å². The number of fused-ring (bicyclic) bond motifs is 3. The number of carbonyl (C=O) groups excluding carboxylic acids is 1. The van der Waals surface area contributed by atoms with Gasteiger partial charge in [-0.25, -0.2) is 4.98 Å². The monoisotopic (exact) mass is 421 g/mol. The van der Waals surface area contributed by atoms with Gasteiger partial charge in [0.05, 0.1) is 5.52 Å². The van der Waals surface area contributed by atoms with Crippen molar-refractivity contribution < 1.29 is 9.36 Å². The van der Waals surface area contributed by atoms with Gasteiger partial charge in [-0.05, 0) is 24.4 Å². The molecule has 1 aromatic heterocycles. The second kappa shape index (κ2) is 7.61. The van der Waals surface area contributed by atoms with Gasteiger partial charge in [-0.2, -0.15) is 0 Å². The number of para-hydroxylation sites is 1. The van der Waals surface area contributed by atoms with E-state index in [2.05, 4.69) is 0 Å². The Kier molecular flexibility index (Phi) is 4.77. The summed E-state index contributed by atoms with van der Waals surface area (Å²) in [6.45, 7) is 1.54. The first kappa shape index (κ1) is 19.4. The molecule has 0 atom stereocenters. The van der Waals surface area contributed by atoms with Crippen molar-refractivity contribution in [2.45, 2.75) is 6.92 Å². The summed E-state index contributed by atoms with van der Waals surface area (Å²) in [4.78, 5) is 17.1. The van der Waals surface area contributed by atoms with Gasteiger partial charge in [0.1, 0.15) is 5.44 Å². The maximum absolute atomic E-state index is 15.0. The predicted octanol–water partition coefficient (Wildman–Crippen LogP) is 5.23. The fraction of sp³-hybridized carbons (Fsp3) is 0.0370. The van der Waals surface area contributed by atoms with Crippen LogP contribution in [0.2, 0.25) is 0 Å². The van der Waals surface area contributed by atoms with Crippen molar-refractivity contribution in [2.75, 3.05) is 0 Å². The van der Waals surface area contributed by atoms with Crippen LogP contribution in [0.5, 0.6) is 0 Å². The Morgan fingerprint density at radius 2 is 1.26 bits per heavy atom. The Morgan fingerprint density at radius 1 is 0.677 bits per heavy atom. The number of rotatable bonds is 4. The smallest absolute Gasteiger partial charge is 0.189 e. The van der Waals surface area contributed by atoms with Gasteiger partial charge < -0.3 is 4.57 Å². The molecule has 31 heavy (non-hydrogen) atoms. The van der Waals surface area contributed by atoms with Gasteiger partial charge in [-0.3, -0.25) is 4.79 Å². The summed E-state index contributed by atoms with van der Waals surface area (Å²) in [7, 11) is -3.30. The van der Waals surface area contributed by atoms with Crippen molar-refractivity contribution in [1.29, 1.82) is 0 Å². The molecule has 5 aromatic rings. The van der Waals surface area contributed by atoms with E-state index in [0.29, 0.717) is 11.0 Å². The van der Waals surface area contributed by atoms with E-state index in [4.69, 9.17) is 4.98 Å². The third kappa shape index (κ3) is 3.19. The molecule has 0 saturated carbocycles. The van der Waals surface area contributed by atoms with Gasteiger partial charge in [0.15, 0.2) is 12.9 Å². The van der Waals surface area contributed by atoms with Crippen molar-refractivity contribution in [2.24, 2.45) is 0 Å². The minimum absolute atomic E-state index is 0.0322. The quantitative estimate of drug-likeness (QED) is 0.227. The van der Waals surface area contributed by atoms with Gasteiger partial charge in [0.2, 0.25) is 0 Å². The SMILES string of the molecule is CC(=O)c1ccc2c(c1)c(P(=O)(c1ccccc1)c1ccccc1)nc1ccccc12. The molecule has 0 bridgehead atoms. The van der Waals surface area contributed by atoms with E-state index in [1.165, 1.54) is 0 Å². The van der Waals surface area contributed by atoms with Crippen LogP contribution in [0.1, 0.15) is 17.3 Å². The minimum atomic E-state index is -3.30. The molecule has 0 unspecified atom stereocenters. The first-order valence-corrected chi connectivity index (χ1v) is 11.8. The maximum Gasteiger partial charge on any atom is 0.189 e. The molecule has 0 radical (unpaired) electrons. The van der Waals surface area contributed by atoms with E-state index in [1.54, 1.807) is 6.92 Å². The van der Waals surface area contributed by atoms with E-state index >= 15 is 4.57 Å². The summed E-state index contributed by atoms with van der Waals surface area (Å²) in [6.07, 6.45) is 0. The normalized spacial score (nSPS) is 11.6. The summed E-state index contributed by atoms with van der Waals surface area (Å²) < 4.78 is 15.0. The number of hydrogen-bond acceptors (Lipinski definition) is 3. The molecular weight excluding hydrogens is 401 g/mol. The second-order valence-corrected chi connectivity index (χ2v) is 10.2. The molecule has 0 aliphatic heterocycles. The lowest BCUT2D eigenvalue weighted by molar-refractivity contribution is 0.101. The molecule has 0 fully saturated rings. The summed E-state index contributed by atoms with van der Waals surface area (Å²) in [5.41, 5.74) is 1.88. The number of ketones is 1. The molecule has 150 valence electrons. The molecule has 5 rings (SSSR count). The highest BCUT2D eigenvalue weighted by Gasteiger charge is 2.33. The fourth-order valence-electron chi connectivity index (χ4n) is 4.07. The number of Topliss-reactive ketones (excluding diaryl/α,β-unsaturated/α-hetero) is 1. The van der Waals surface area contributed by atoms with Crippen molar-refractivity contribution in [3.8, 4) is 0 Å². The Labute approximate surface area is 180 Å². The van der Waals surface area contributed by atoms with Crippen molar-refractivity contribution in [3.63, 3.8) is 0 Å². The van der Waals surface area contributed by atoms with E-state index in [9.17, 15) is 4.79 Å². The zero-order valence-electron chi connectivity index (χ0n) is 17.0. The number of carbonyl (C=O) groups is 1. The topological polar surface area (TPSA) is 47.0 Å². The zero-order valence-corrected chi connectivity index (χ0v) is 17.9. The molecule has 0 aliphatic rings. The second-order valence-electron chi connectivity index (χ2n) is 7.55. The van der Waals surface area contributed by atoms with Crippen molar-refractivity contribution in [3.05, 3.63) is 109 Å². The zero-order chi connectivity index (χ0) is 21.4. The summed E-state index contributed by atoms with van der Waals surface area (Å²) in [6, 6.07) is 32.5. The first-order valence-electron chi connectivity index (χ1n) is 10.1. The molecule has 1 heterocycles. The number of hydrogen-bond donors (Lipinski definition) is 0. The van der Waals surface area contributed by atoms with Gasteiger partial charge in [-0.15, -0.1) is 0 Å². The Balaban J connectivity index is 1.97. The Morgan fingerprint density at radius 3 is 1.87 bits per heavy atom. The van der Waals surface area contributed by atoms with Crippen LogP contribution in [-0.2, 0) is 4.57 Å². The van der Waals surface area contributed by atoms with Crippen LogP contribution in [-0.4, -0.2) is 10.8 Å². The molecule has 0 amide bonds. The van der Waals surface area contributed by atoms with E-state index in [0.717, 1.165) is 32.3 Å². The fourth-order valence-corrected chi connectivity index (χ4v) is 6.81. The van der Waals surface area contributed by atoms with Crippen molar-refractivity contribution in [1.82, 2.24) is 4.98 Å². The van der Waals surface area contributed by atoms with Gasteiger partial charge >= 0.3 is 0 Å². The molecular formula is C27H20NO2P. The molecule has 3 nitrogen and oxygen atoms in total. The lowest BCUT2D eigenvalue weighted by Gasteiger charge is -2.21. The van der Waals surface area contributed by atoms with Crippen LogP contribution in [0.4, 0.5) is 0 Å². The summed E-state index contributed by atoms with van der Waals surface area (Å²) >= 11 is 0. The van der Waals surface area contributed by atoms with E-state index in [-0.39, 0.29) is 5.78 Å². The van der Waals surface area contributed by atoms with Gasteiger partial charge in [0, 0.05) is 26.9 Å². The molecule has 0 saturated heterocycles. The summed E-state index contributed by atoms with van der Waals surface area (Å²) in [5, 5.41) is 4.11. The molecule has 4 aromatic carbocycles.